The Morgan fingerprint density at radius 2 is 2.57 bits per heavy atom. The summed E-state index contributed by atoms with van der Waals surface area (Å²) in [6.07, 6.45) is -1.17. The number of rotatable bonds is 0. The molecule has 0 bridgehead atoms. The molecule has 0 saturated carbocycles. The molecule has 1 rings (SSSR count). The highest BCUT2D eigenvalue weighted by molar-refractivity contribution is 4.68. The van der Waals surface area contributed by atoms with Crippen LogP contribution in [0.1, 0.15) is 0 Å². The topological polar surface area (TPSA) is 61.7 Å². The number of nitrogens with one attached hydrogen (secondary N) is 1. The molecule has 1 aliphatic heterocycles. The van der Waals surface area contributed by atoms with Crippen LogP contribution in [-0.4, -0.2) is 23.0 Å². The van der Waals surface area contributed by atoms with Gasteiger partial charge in [0.2, 0.25) is 0 Å². The van der Waals surface area contributed by atoms with Crippen LogP contribution in [0.25, 0.3) is 0 Å². The maximum Gasteiger partial charge on any atom is 0.300 e. The number of aliphatic hydroxyl groups excluding tert-OH is 2. The molecule has 0 aromatic carbocycles. The summed E-state index contributed by atoms with van der Waals surface area (Å²) in [5.74, 6) is 0. The summed E-state index contributed by atoms with van der Waals surface area (Å²) < 4.78 is 4.28. The van der Waals surface area contributed by atoms with Gasteiger partial charge in [-0.1, -0.05) is 0 Å². The molecule has 7 heavy (non-hydrogen) atoms. The van der Waals surface area contributed by atoms with Crippen LogP contribution in [0.15, 0.2) is 0 Å². The van der Waals surface area contributed by atoms with Crippen LogP contribution in [0.3, 0.4) is 0 Å². The molecule has 0 aromatic heterocycles. The molecule has 1 radical (unpaired) electrons. The van der Waals surface area contributed by atoms with Gasteiger partial charge >= 0.3 is 6.41 Å². The van der Waals surface area contributed by atoms with E-state index in [0.717, 1.165) is 0 Å². The third-order valence-electron chi connectivity index (χ3n) is 0.676. The zero-order chi connectivity index (χ0) is 5.28. The molecular formula is C3H6NO3. The summed E-state index contributed by atoms with van der Waals surface area (Å²) in [7, 11) is 0. The molecule has 1 fully saturated rings. The fourth-order valence-electron chi connectivity index (χ4n) is 0.387. The quantitative estimate of drug-likeness (QED) is 0.359. The van der Waals surface area contributed by atoms with Crippen molar-refractivity contribution in [1.29, 1.82) is 0 Å². The van der Waals surface area contributed by atoms with Crippen molar-refractivity contribution in [1.82, 2.24) is 5.32 Å². The summed E-state index contributed by atoms with van der Waals surface area (Å²) in [5, 5.41) is 19.1. The normalized spacial score (nSPS) is 34.3. The van der Waals surface area contributed by atoms with E-state index in [0.29, 0.717) is 0 Å². The van der Waals surface area contributed by atoms with Crippen molar-refractivity contribution in [3.63, 3.8) is 0 Å². The van der Waals surface area contributed by atoms with Gasteiger partial charge in [-0.15, -0.1) is 0 Å². The molecule has 3 N–H and O–H groups in total. The highest BCUT2D eigenvalue weighted by Gasteiger charge is 2.20. The number of β-amino-alcohol motifs (C(OH)–C–C–N with tert-alkyl or cyclic N) is 1. The SMILES string of the molecule is O[C]1NCC(O)O1. The maximum atomic E-state index is 8.43. The van der Waals surface area contributed by atoms with E-state index >= 15 is 0 Å². The lowest BCUT2D eigenvalue weighted by molar-refractivity contribution is -0.0982. The zero-order valence-electron chi connectivity index (χ0n) is 3.59. The van der Waals surface area contributed by atoms with Crippen LogP contribution in [0, 0.1) is 6.41 Å². The molecule has 41 valence electrons. The Bertz CT molecular complexity index is 59.2. The first-order valence-electron chi connectivity index (χ1n) is 1.93. The number of ether oxygens (including phenoxy) is 1. The lowest BCUT2D eigenvalue weighted by atomic mass is 10.7. The van der Waals surface area contributed by atoms with Crippen molar-refractivity contribution in [3.8, 4) is 0 Å². The van der Waals surface area contributed by atoms with Gasteiger partial charge in [-0.25, -0.2) is 0 Å². The van der Waals surface area contributed by atoms with Crippen LogP contribution < -0.4 is 5.32 Å². The van der Waals surface area contributed by atoms with E-state index in [1.807, 2.05) is 0 Å². The van der Waals surface area contributed by atoms with E-state index in [9.17, 15) is 0 Å². The molecule has 0 aromatic rings. The van der Waals surface area contributed by atoms with Gasteiger partial charge in [-0.3, -0.25) is 5.32 Å². The van der Waals surface area contributed by atoms with Gasteiger partial charge in [-0.2, -0.15) is 0 Å². The highest BCUT2D eigenvalue weighted by atomic mass is 16.7. The van der Waals surface area contributed by atoms with E-state index in [-0.39, 0.29) is 13.0 Å². The van der Waals surface area contributed by atoms with E-state index in [2.05, 4.69) is 10.1 Å². The average molecular weight is 104 g/mol. The number of aliphatic hydroxyl groups is 2. The Hall–Kier alpha value is -0.160. The predicted octanol–water partition coefficient (Wildman–Crippen LogP) is -1.26. The predicted molar refractivity (Wildman–Crippen MR) is 20.3 cm³/mol. The van der Waals surface area contributed by atoms with E-state index in [1.165, 1.54) is 0 Å². The minimum absolute atomic E-state index is 0.270. The monoisotopic (exact) mass is 104 g/mol. The van der Waals surface area contributed by atoms with E-state index in [4.69, 9.17) is 10.2 Å². The largest absolute Gasteiger partial charge is 0.367 e. The average Bonchev–Trinajstić information content (AvgIpc) is 1.87. The van der Waals surface area contributed by atoms with Gasteiger partial charge in [-0.05, 0) is 0 Å². The number of hydrogen-bond donors (Lipinski definition) is 3. The van der Waals surface area contributed by atoms with Crippen molar-refractivity contribution < 1.29 is 14.9 Å². The fourth-order valence-corrected chi connectivity index (χ4v) is 0.387. The van der Waals surface area contributed by atoms with Crippen LogP contribution in [0.4, 0.5) is 0 Å². The lowest BCUT2D eigenvalue weighted by Crippen LogP contribution is -2.13. The Labute approximate surface area is 40.7 Å². The second-order valence-electron chi connectivity index (χ2n) is 1.26. The summed E-state index contributed by atoms with van der Waals surface area (Å²) in [6.45, 7) is 0.270. The molecule has 1 heterocycles. The lowest BCUT2D eigenvalue weighted by Gasteiger charge is -1.95. The van der Waals surface area contributed by atoms with Gasteiger partial charge in [0.1, 0.15) is 0 Å². The molecule has 4 heteroatoms. The van der Waals surface area contributed by atoms with Crippen molar-refractivity contribution in [2.24, 2.45) is 0 Å². The third kappa shape index (κ3) is 1.10. The molecule has 1 unspecified atom stereocenters. The second kappa shape index (κ2) is 1.75. The van der Waals surface area contributed by atoms with Crippen molar-refractivity contribution in [2.75, 3.05) is 6.54 Å². The third-order valence-corrected chi connectivity index (χ3v) is 0.676. The fraction of sp³-hybridized carbons (Fsp3) is 0.667. The first-order valence-corrected chi connectivity index (χ1v) is 1.93. The van der Waals surface area contributed by atoms with Crippen molar-refractivity contribution in [2.45, 2.75) is 6.29 Å². The van der Waals surface area contributed by atoms with Crippen molar-refractivity contribution in [3.05, 3.63) is 6.41 Å². The molecule has 0 aliphatic carbocycles. The minimum Gasteiger partial charge on any atom is -0.367 e. The molecular weight excluding hydrogens is 98.0 g/mol. The molecule has 1 aliphatic rings. The molecule has 1 saturated heterocycles. The molecule has 4 nitrogen and oxygen atoms in total. The van der Waals surface area contributed by atoms with Crippen molar-refractivity contribution >= 4 is 0 Å². The Balaban J connectivity index is 2.26. The van der Waals surface area contributed by atoms with Crippen LogP contribution in [-0.2, 0) is 4.74 Å². The van der Waals surface area contributed by atoms with Gasteiger partial charge in [0.25, 0.3) is 0 Å². The standard InChI is InChI=1S/C3H6NO3/c5-2-1-4-3(6)7-2/h2,4-6H,1H2. The second-order valence-corrected chi connectivity index (χ2v) is 1.26. The highest BCUT2D eigenvalue weighted by Crippen LogP contribution is 2.02. The summed E-state index contributed by atoms with van der Waals surface area (Å²) >= 11 is 0. The van der Waals surface area contributed by atoms with Gasteiger partial charge in [0.15, 0.2) is 6.29 Å². The van der Waals surface area contributed by atoms with Gasteiger partial charge in [0, 0.05) is 0 Å². The summed E-state index contributed by atoms with van der Waals surface area (Å²) in [4.78, 5) is 0. The first kappa shape index (κ1) is 4.99. The van der Waals surface area contributed by atoms with E-state index in [1.54, 1.807) is 0 Å². The molecule has 1 atom stereocenters. The zero-order valence-corrected chi connectivity index (χ0v) is 3.59. The van der Waals surface area contributed by atoms with E-state index < -0.39 is 6.29 Å². The van der Waals surface area contributed by atoms with Crippen LogP contribution in [0.2, 0.25) is 0 Å². The summed E-state index contributed by atoms with van der Waals surface area (Å²) in [5.41, 5.74) is 0. The first-order chi connectivity index (χ1) is 3.29. The molecule has 0 amide bonds. The Morgan fingerprint density at radius 1 is 1.86 bits per heavy atom. The van der Waals surface area contributed by atoms with Crippen LogP contribution in [0.5, 0.6) is 0 Å². The summed E-state index contributed by atoms with van der Waals surface area (Å²) in [6, 6.07) is 0. The Kier molecular flexibility index (Phi) is 1.25. The van der Waals surface area contributed by atoms with Gasteiger partial charge in [0.05, 0.1) is 6.54 Å². The van der Waals surface area contributed by atoms with Crippen LogP contribution >= 0.6 is 0 Å². The minimum atomic E-state index is -0.875. The Morgan fingerprint density at radius 3 is 2.71 bits per heavy atom. The van der Waals surface area contributed by atoms with Gasteiger partial charge < -0.3 is 14.9 Å². The smallest absolute Gasteiger partial charge is 0.300 e. The maximum absolute atomic E-state index is 8.43. The number of hydrogen-bond acceptors (Lipinski definition) is 4. The molecule has 0 spiro atoms.